The molecule has 0 saturated carbocycles. The average Bonchev–Trinajstić information content (AvgIpc) is 2.63. The van der Waals surface area contributed by atoms with E-state index in [9.17, 15) is 4.79 Å². The second-order valence-electron chi connectivity index (χ2n) is 6.41. The first-order valence-corrected chi connectivity index (χ1v) is 10.1. The van der Waals surface area contributed by atoms with Gasteiger partial charge < -0.3 is 10.3 Å². The predicted molar refractivity (Wildman–Crippen MR) is 105 cm³/mol. The lowest BCUT2D eigenvalue weighted by Crippen LogP contribution is -2.29. The minimum Gasteiger partial charge on any atom is -0.371 e. The largest absolute Gasteiger partial charge is 0.371 e. The van der Waals surface area contributed by atoms with E-state index in [0.717, 1.165) is 36.1 Å². The predicted octanol–water partition coefficient (Wildman–Crippen LogP) is 3.10. The number of H-pyrrole nitrogens is 1. The Morgan fingerprint density at radius 2 is 2.08 bits per heavy atom. The van der Waals surface area contributed by atoms with Crippen molar-refractivity contribution in [3.05, 3.63) is 58.1 Å². The van der Waals surface area contributed by atoms with Gasteiger partial charge in [-0.15, -0.1) is 0 Å². The van der Waals surface area contributed by atoms with Crippen molar-refractivity contribution in [1.82, 2.24) is 14.9 Å². The van der Waals surface area contributed by atoms with Crippen LogP contribution < -0.4 is 10.7 Å². The number of thioether (sulfide) groups is 1. The van der Waals surface area contributed by atoms with Gasteiger partial charge in [-0.2, -0.15) is 11.8 Å². The minimum absolute atomic E-state index is 0.0172. The highest BCUT2D eigenvalue weighted by Crippen LogP contribution is 2.15. The van der Waals surface area contributed by atoms with E-state index in [0.29, 0.717) is 0 Å². The van der Waals surface area contributed by atoms with Gasteiger partial charge in [0.25, 0.3) is 0 Å². The molecule has 134 valence electrons. The molecule has 25 heavy (non-hydrogen) atoms. The van der Waals surface area contributed by atoms with Crippen LogP contribution in [0.1, 0.15) is 30.5 Å². The number of anilines is 1. The van der Waals surface area contributed by atoms with Crippen molar-refractivity contribution in [3.63, 3.8) is 0 Å². The molecule has 1 aliphatic rings. The Labute approximate surface area is 153 Å². The summed E-state index contributed by atoms with van der Waals surface area (Å²) in [5.74, 6) is 2.66. The molecule has 0 aliphatic carbocycles. The number of aromatic nitrogens is 2. The third-order valence-corrected chi connectivity index (χ3v) is 5.31. The summed E-state index contributed by atoms with van der Waals surface area (Å²) in [6.45, 7) is 4.31. The first-order chi connectivity index (χ1) is 12.3. The van der Waals surface area contributed by atoms with Crippen molar-refractivity contribution in [2.45, 2.75) is 31.6 Å². The number of nitrogens with one attached hydrogen (secondary N) is 2. The zero-order chi connectivity index (χ0) is 17.3. The van der Waals surface area contributed by atoms with Gasteiger partial charge in [0.05, 0.1) is 5.69 Å². The molecule has 0 unspecified atom stereocenters. The summed E-state index contributed by atoms with van der Waals surface area (Å²) in [5, 5.41) is 3.23. The van der Waals surface area contributed by atoms with Crippen molar-refractivity contribution in [1.29, 1.82) is 0 Å². The lowest BCUT2D eigenvalue weighted by molar-refractivity contribution is 0.221. The molecule has 2 N–H and O–H groups in total. The van der Waals surface area contributed by atoms with Crippen LogP contribution in [0.3, 0.4) is 0 Å². The number of rotatable bonds is 8. The highest BCUT2D eigenvalue weighted by Gasteiger charge is 2.10. The van der Waals surface area contributed by atoms with Gasteiger partial charge in [0.2, 0.25) is 0 Å². The zero-order valence-corrected chi connectivity index (χ0v) is 15.4. The molecule has 0 amide bonds. The number of pyridine rings is 2. The van der Waals surface area contributed by atoms with Crippen molar-refractivity contribution in [2.24, 2.45) is 0 Å². The number of hydrogen-bond acceptors (Lipinski definition) is 5. The molecule has 0 aromatic carbocycles. The van der Waals surface area contributed by atoms with Crippen molar-refractivity contribution in [3.8, 4) is 0 Å². The van der Waals surface area contributed by atoms with Crippen LogP contribution in [-0.2, 0) is 12.3 Å². The van der Waals surface area contributed by atoms with Crippen LogP contribution >= 0.6 is 11.8 Å². The Hall–Kier alpha value is -1.79. The van der Waals surface area contributed by atoms with E-state index in [1.54, 1.807) is 12.3 Å². The summed E-state index contributed by atoms with van der Waals surface area (Å²) in [7, 11) is 0. The summed E-state index contributed by atoms with van der Waals surface area (Å²) < 4.78 is 0. The van der Waals surface area contributed by atoms with Gasteiger partial charge in [0.15, 0.2) is 5.43 Å². The van der Waals surface area contributed by atoms with Crippen LogP contribution in [0.15, 0.2) is 41.5 Å². The maximum absolute atomic E-state index is 11.3. The molecule has 0 bridgehead atoms. The van der Waals surface area contributed by atoms with Gasteiger partial charge in [-0.1, -0.05) is 6.42 Å². The molecule has 5 nitrogen and oxygen atoms in total. The van der Waals surface area contributed by atoms with Crippen molar-refractivity contribution in [2.75, 3.05) is 30.7 Å². The van der Waals surface area contributed by atoms with Crippen LogP contribution in [0.2, 0.25) is 0 Å². The molecular formula is C19H26N4OS. The smallest absolute Gasteiger partial charge is 0.183 e. The van der Waals surface area contributed by atoms with E-state index < -0.39 is 0 Å². The fourth-order valence-corrected chi connectivity index (χ4v) is 3.82. The van der Waals surface area contributed by atoms with Crippen LogP contribution in [0.25, 0.3) is 0 Å². The first kappa shape index (κ1) is 18.0. The second-order valence-corrected chi connectivity index (χ2v) is 7.51. The van der Waals surface area contributed by atoms with E-state index in [4.69, 9.17) is 0 Å². The Balaban J connectivity index is 1.39. The summed E-state index contributed by atoms with van der Waals surface area (Å²) in [4.78, 5) is 21.3. The van der Waals surface area contributed by atoms with E-state index >= 15 is 0 Å². The van der Waals surface area contributed by atoms with Crippen LogP contribution in [0, 0.1) is 0 Å². The topological polar surface area (TPSA) is 61.0 Å². The van der Waals surface area contributed by atoms with E-state index in [1.165, 1.54) is 44.0 Å². The fraction of sp³-hybridized carbons (Fsp3) is 0.474. The van der Waals surface area contributed by atoms with Gasteiger partial charge in [-0.25, -0.2) is 0 Å². The van der Waals surface area contributed by atoms with Gasteiger partial charge in [-0.05, 0) is 43.6 Å². The molecule has 3 rings (SSSR count). The van der Waals surface area contributed by atoms with Gasteiger partial charge in [0.1, 0.15) is 5.82 Å². The highest BCUT2D eigenvalue weighted by molar-refractivity contribution is 7.98. The molecule has 0 spiro atoms. The van der Waals surface area contributed by atoms with Crippen molar-refractivity contribution >= 4 is 17.6 Å². The second kappa shape index (κ2) is 9.63. The number of likely N-dealkylation sites (tertiary alicyclic amines) is 1. The van der Waals surface area contributed by atoms with Crippen LogP contribution in [0.4, 0.5) is 5.82 Å². The number of piperidine rings is 1. The third-order valence-electron chi connectivity index (χ3n) is 4.32. The van der Waals surface area contributed by atoms with Crippen molar-refractivity contribution < 1.29 is 0 Å². The molecule has 0 atom stereocenters. The molecule has 6 heteroatoms. The number of hydrogen-bond donors (Lipinski definition) is 2. The Morgan fingerprint density at radius 3 is 2.92 bits per heavy atom. The first-order valence-electron chi connectivity index (χ1n) is 8.96. The Kier molecular flexibility index (Phi) is 6.94. The molecule has 0 radical (unpaired) electrons. The normalized spacial score (nSPS) is 15.2. The molecule has 3 heterocycles. The lowest BCUT2D eigenvalue weighted by Gasteiger charge is -2.26. The summed E-state index contributed by atoms with van der Waals surface area (Å²) in [6, 6.07) is 7.47. The van der Waals surface area contributed by atoms with Gasteiger partial charge in [0, 0.05) is 49.1 Å². The standard InChI is InChI=1S/C19H26N4OS/c24-18-5-7-21-19(13-18)22-8-11-25-15-17-12-16(4-6-20-17)14-23-9-2-1-3-10-23/h4-7,12-13H,1-3,8-11,14-15H2,(H2,21,22,24). The Bertz CT molecular complexity index is 712. The van der Waals surface area contributed by atoms with Gasteiger partial charge >= 0.3 is 0 Å². The maximum atomic E-state index is 11.3. The fourth-order valence-electron chi connectivity index (χ4n) is 3.06. The van der Waals surface area contributed by atoms with E-state index in [-0.39, 0.29) is 5.43 Å². The molecule has 2 aromatic heterocycles. The quantitative estimate of drug-likeness (QED) is 0.710. The van der Waals surface area contributed by atoms with E-state index in [1.807, 2.05) is 18.0 Å². The molecule has 1 aliphatic heterocycles. The molecular weight excluding hydrogens is 332 g/mol. The monoisotopic (exact) mass is 358 g/mol. The molecule has 1 saturated heterocycles. The zero-order valence-electron chi connectivity index (χ0n) is 14.5. The van der Waals surface area contributed by atoms with Crippen LogP contribution in [0.5, 0.6) is 0 Å². The van der Waals surface area contributed by atoms with Crippen LogP contribution in [-0.4, -0.2) is 40.3 Å². The van der Waals surface area contributed by atoms with Gasteiger partial charge in [-0.3, -0.25) is 14.7 Å². The average molecular weight is 359 g/mol. The highest BCUT2D eigenvalue weighted by atomic mass is 32.2. The maximum Gasteiger partial charge on any atom is 0.183 e. The summed E-state index contributed by atoms with van der Waals surface area (Å²) in [5.41, 5.74) is 2.53. The Morgan fingerprint density at radius 1 is 1.20 bits per heavy atom. The molecule has 2 aromatic rings. The molecule has 1 fully saturated rings. The van der Waals surface area contributed by atoms with E-state index in [2.05, 4.69) is 32.3 Å². The SMILES string of the molecule is O=c1cc[nH]c(NCCSCc2cc(CN3CCCCC3)ccn2)c1. The summed E-state index contributed by atoms with van der Waals surface area (Å²) >= 11 is 1.85. The number of nitrogens with zero attached hydrogens (tertiary/aromatic N) is 2. The summed E-state index contributed by atoms with van der Waals surface area (Å²) in [6.07, 6.45) is 7.62. The lowest BCUT2D eigenvalue weighted by atomic mass is 10.1. The third kappa shape index (κ3) is 6.21. The minimum atomic E-state index is 0.0172. The number of aromatic amines is 1.